The highest BCUT2D eigenvalue weighted by atomic mass is 35.5. The molecule has 0 aliphatic rings. The monoisotopic (exact) mass is 301 g/mol. The van der Waals surface area contributed by atoms with Gasteiger partial charge in [0.1, 0.15) is 6.54 Å². The summed E-state index contributed by atoms with van der Waals surface area (Å²) in [5.74, 6) is -0.303. The molecule has 0 aliphatic carbocycles. The van der Waals surface area contributed by atoms with Crippen LogP contribution >= 0.6 is 11.6 Å². The number of hydrogen-bond acceptors (Lipinski definition) is 4. The first-order chi connectivity index (χ1) is 10.2. The molecule has 0 radical (unpaired) electrons. The number of ether oxygens (including phenoxy) is 1. The maximum Gasteiger partial charge on any atom is 0.325 e. The van der Waals surface area contributed by atoms with Crippen molar-refractivity contribution in [3.8, 4) is 11.3 Å². The maximum absolute atomic E-state index is 11.5. The first-order valence-corrected chi connectivity index (χ1v) is 6.70. The van der Waals surface area contributed by atoms with Crippen molar-refractivity contribution < 1.29 is 9.53 Å². The highest BCUT2D eigenvalue weighted by Gasteiger charge is 2.13. The zero-order valence-electron chi connectivity index (χ0n) is 11.3. The molecular weight excluding hydrogens is 290 g/mol. The predicted octanol–water partition coefficient (Wildman–Crippen LogP) is 2.92. The molecule has 2 heterocycles. The van der Waals surface area contributed by atoms with Crippen molar-refractivity contribution >= 4 is 28.5 Å². The molecule has 0 amide bonds. The van der Waals surface area contributed by atoms with Gasteiger partial charge >= 0.3 is 5.97 Å². The smallest absolute Gasteiger partial charge is 0.325 e. The van der Waals surface area contributed by atoms with E-state index in [1.807, 2.05) is 35.0 Å². The highest BCUT2D eigenvalue weighted by molar-refractivity contribution is 6.28. The van der Waals surface area contributed by atoms with Crippen LogP contribution in [0.25, 0.3) is 22.2 Å². The minimum Gasteiger partial charge on any atom is -0.468 e. The third kappa shape index (κ3) is 2.60. The summed E-state index contributed by atoms with van der Waals surface area (Å²) in [5, 5.41) is 1.19. The largest absolute Gasteiger partial charge is 0.468 e. The molecule has 0 fully saturated rings. The van der Waals surface area contributed by atoms with Crippen LogP contribution in [0.1, 0.15) is 0 Å². The van der Waals surface area contributed by atoms with E-state index in [4.69, 9.17) is 16.3 Å². The second-order valence-corrected chi connectivity index (χ2v) is 4.81. The number of fused-ring (bicyclic) bond motifs is 1. The van der Waals surface area contributed by atoms with Gasteiger partial charge in [-0.2, -0.15) is 0 Å². The number of esters is 1. The molecule has 2 aromatic heterocycles. The van der Waals surface area contributed by atoms with Crippen LogP contribution < -0.4 is 0 Å². The van der Waals surface area contributed by atoms with Crippen molar-refractivity contribution in [3.63, 3.8) is 0 Å². The number of carbonyl (C=O) groups excluding carboxylic acids is 1. The van der Waals surface area contributed by atoms with E-state index in [0.717, 1.165) is 22.2 Å². The summed E-state index contributed by atoms with van der Waals surface area (Å²) < 4.78 is 6.57. The number of hydrogen-bond donors (Lipinski definition) is 0. The zero-order chi connectivity index (χ0) is 14.8. The second kappa shape index (κ2) is 5.54. The number of aromatic nitrogens is 3. The summed E-state index contributed by atoms with van der Waals surface area (Å²) in [5.41, 5.74) is 2.56. The number of rotatable bonds is 3. The van der Waals surface area contributed by atoms with Gasteiger partial charge in [-0.05, 0) is 23.7 Å². The topological polar surface area (TPSA) is 57.0 Å². The Morgan fingerprint density at radius 1 is 1.33 bits per heavy atom. The van der Waals surface area contributed by atoms with E-state index in [1.165, 1.54) is 7.11 Å². The van der Waals surface area contributed by atoms with Crippen LogP contribution in [0.15, 0.2) is 42.7 Å². The Kier molecular flexibility index (Phi) is 3.58. The molecule has 1 aromatic carbocycles. The third-order valence-corrected chi connectivity index (χ3v) is 3.40. The van der Waals surface area contributed by atoms with Crippen LogP contribution in [0.2, 0.25) is 5.28 Å². The predicted molar refractivity (Wildman–Crippen MR) is 80.0 cm³/mol. The highest BCUT2D eigenvalue weighted by Crippen LogP contribution is 2.29. The summed E-state index contributed by atoms with van der Waals surface area (Å²) in [6, 6.07) is 9.58. The van der Waals surface area contributed by atoms with Gasteiger partial charge in [0.2, 0.25) is 5.28 Å². The van der Waals surface area contributed by atoms with Gasteiger partial charge in [0.25, 0.3) is 0 Å². The van der Waals surface area contributed by atoms with E-state index in [-0.39, 0.29) is 17.8 Å². The normalized spacial score (nSPS) is 10.8. The van der Waals surface area contributed by atoms with Gasteiger partial charge in [-0.15, -0.1) is 0 Å². The second-order valence-electron chi connectivity index (χ2n) is 4.47. The van der Waals surface area contributed by atoms with Crippen molar-refractivity contribution in [3.05, 3.63) is 48.0 Å². The lowest BCUT2D eigenvalue weighted by atomic mass is 10.1. The SMILES string of the molecule is COC(=O)Cn1cc(-c2ccnc(Cl)n2)c2ccccc21. The van der Waals surface area contributed by atoms with Crippen LogP contribution in [0, 0.1) is 0 Å². The van der Waals surface area contributed by atoms with E-state index in [1.54, 1.807) is 12.3 Å². The molecule has 0 aliphatic heterocycles. The van der Waals surface area contributed by atoms with Crippen molar-refractivity contribution in [2.75, 3.05) is 7.11 Å². The van der Waals surface area contributed by atoms with E-state index in [0.29, 0.717) is 0 Å². The lowest BCUT2D eigenvalue weighted by molar-refractivity contribution is -0.141. The van der Waals surface area contributed by atoms with Gasteiger partial charge in [0.15, 0.2) is 0 Å². The van der Waals surface area contributed by atoms with Gasteiger partial charge in [0, 0.05) is 28.9 Å². The molecule has 0 spiro atoms. The van der Waals surface area contributed by atoms with Gasteiger partial charge in [-0.25, -0.2) is 9.97 Å². The molecule has 5 nitrogen and oxygen atoms in total. The first-order valence-electron chi connectivity index (χ1n) is 6.32. The van der Waals surface area contributed by atoms with E-state index >= 15 is 0 Å². The Labute approximate surface area is 126 Å². The fourth-order valence-electron chi connectivity index (χ4n) is 2.27. The Balaban J connectivity index is 2.17. The third-order valence-electron chi connectivity index (χ3n) is 3.22. The molecule has 0 saturated heterocycles. The maximum atomic E-state index is 11.5. The van der Waals surface area contributed by atoms with Crippen LogP contribution in [0.3, 0.4) is 0 Å². The summed E-state index contributed by atoms with van der Waals surface area (Å²) in [6.07, 6.45) is 3.48. The quantitative estimate of drug-likeness (QED) is 0.551. The standard InChI is InChI=1S/C15H12ClN3O2/c1-21-14(20)9-19-8-11(10-4-2-3-5-13(10)19)12-6-7-17-15(16)18-12/h2-8H,9H2,1H3. The molecule has 21 heavy (non-hydrogen) atoms. The number of methoxy groups -OCH3 is 1. The molecule has 0 bridgehead atoms. The Morgan fingerprint density at radius 2 is 2.14 bits per heavy atom. The molecule has 3 rings (SSSR count). The minimum absolute atomic E-state index is 0.149. The van der Waals surface area contributed by atoms with E-state index in [2.05, 4.69) is 9.97 Å². The van der Waals surface area contributed by atoms with Crippen LogP contribution in [0.4, 0.5) is 0 Å². The zero-order valence-corrected chi connectivity index (χ0v) is 12.0. The molecule has 0 unspecified atom stereocenters. The Bertz CT molecular complexity index is 814. The average Bonchev–Trinajstić information content (AvgIpc) is 2.86. The van der Waals surface area contributed by atoms with Crippen LogP contribution in [-0.2, 0) is 16.1 Å². The Morgan fingerprint density at radius 3 is 2.90 bits per heavy atom. The summed E-state index contributed by atoms with van der Waals surface area (Å²) in [6.45, 7) is 0.149. The van der Waals surface area contributed by atoms with Crippen molar-refractivity contribution in [1.29, 1.82) is 0 Å². The fourth-order valence-corrected chi connectivity index (χ4v) is 2.42. The molecule has 0 atom stereocenters. The number of carbonyl (C=O) groups is 1. The summed E-state index contributed by atoms with van der Waals surface area (Å²) in [7, 11) is 1.37. The summed E-state index contributed by atoms with van der Waals surface area (Å²) >= 11 is 5.86. The molecule has 3 aromatic rings. The van der Waals surface area contributed by atoms with Gasteiger partial charge in [0.05, 0.1) is 12.8 Å². The molecule has 0 saturated carbocycles. The Hall–Kier alpha value is -2.40. The van der Waals surface area contributed by atoms with Gasteiger partial charge in [-0.1, -0.05) is 18.2 Å². The molecule has 0 N–H and O–H groups in total. The number of benzene rings is 1. The van der Waals surface area contributed by atoms with Crippen molar-refractivity contribution in [2.24, 2.45) is 0 Å². The molecule has 6 heteroatoms. The fraction of sp³-hybridized carbons (Fsp3) is 0.133. The molecule has 106 valence electrons. The van der Waals surface area contributed by atoms with Gasteiger partial charge < -0.3 is 9.30 Å². The lowest BCUT2D eigenvalue weighted by Crippen LogP contribution is -2.10. The molecular formula is C15H12ClN3O2. The van der Waals surface area contributed by atoms with Crippen LogP contribution in [-0.4, -0.2) is 27.6 Å². The minimum atomic E-state index is -0.303. The van der Waals surface area contributed by atoms with E-state index in [9.17, 15) is 4.79 Å². The number of nitrogens with zero attached hydrogens (tertiary/aromatic N) is 3. The number of halogens is 1. The van der Waals surface area contributed by atoms with Gasteiger partial charge in [-0.3, -0.25) is 4.79 Å². The first kappa shape index (κ1) is 13.6. The summed E-state index contributed by atoms with van der Waals surface area (Å²) in [4.78, 5) is 19.7. The number of para-hydroxylation sites is 1. The van der Waals surface area contributed by atoms with Crippen LogP contribution in [0.5, 0.6) is 0 Å². The van der Waals surface area contributed by atoms with Crippen molar-refractivity contribution in [1.82, 2.24) is 14.5 Å². The van der Waals surface area contributed by atoms with E-state index < -0.39 is 0 Å². The lowest BCUT2D eigenvalue weighted by Gasteiger charge is -2.02. The average molecular weight is 302 g/mol. The van der Waals surface area contributed by atoms with Crippen molar-refractivity contribution in [2.45, 2.75) is 6.54 Å².